The van der Waals surface area contributed by atoms with Crippen LogP contribution in [0, 0.1) is 23.2 Å². The van der Waals surface area contributed by atoms with Crippen molar-refractivity contribution in [1.82, 2.24) is 0 Å². The van der Waals surface area contributed by atoms with E-state index in [1.807, 2.05) is 12.1 Å². The van der Waals surface area contributed by atoms with E-state index in [0.29, 0.717) is 0 Å². The van der Waals surface area contributed by atoms with Crippen LogP contribution in [0.2, 0.25) is 0 Å². The number of hydrogen-bond acceptors (Lipinski definition) is 3. The molecule has 0 bridgehead atoms. The van der Waals surface area contributed by atoms with Crippen LogP contribution in [0.3, 0.4) is 0 Å². The van der Waals surface area contributed by atoms with Gasteiger partial charge in [0.05, 0.1) is 11.3 Å². The maximum absolute atomic E-state index is 8.22. The van der Waals surface area contributed by atoms with Gasteiger partial charge in [0.2, 0.25) is 0 Å². The minimum atomic E-state index is 0.722. The molecule has 0 unspecified atom stereocenters. The Hall–Kier alpha value is -1.97. The van der Waals surface area contributed by atoms with Crippen LogP contribution < -0.4 is 11.3 Å². The third kappa shape index (κ3) is 1.76. The van der Waals surface area contributed by atoms with Crippen LogP contribution in [0.15, 0.2) is 24.3 Å². The molecule has 0 spiro atoms. The molecule has 3 heteroatoms. The first-order valence-electron chi connectivity index (χ1n) is 3.34. The van der Waals surface area contributed by atoms with Gasteiger partial charge in [0, 0.05) is 5.92 Å². The summed E-state index contributed by atoms with van der Waals surface area (Å²) in [5, 5.41) is 8.22. The van der Waals surface area contributed by atoms with Gasteiger partial charge in [0.1, 0.15) is 0 Å². The summed E-state index contributed by atoms with van der Waals surface area (Å²) in [5.41, 5.74) is 3.94. The summed E-state index contributed by atoms with van der Waals surface area (Å²) in [6.45, 7) is 0. The molecule has 12 heavy (non-hydrogen) atoms. The average Bonchev–Trinajstić information content (AvgIpc) is 2.15. The number of nitrogens with two attached hydrogens (primary N) is 1. The van der Waals surface area contributed by atoms with Crippen LogP contribution in [0.25, 0.3) is 0 Å². The quantitative estimate of drug-likeness (QED) is 0.361. The third-order valence-electron chi connectivity index (χ3n) is 1.34. The molecule has 1 rings (SSSR count). The molecule has 3 N–H and O–H groups in total. The van der Waals surface area contributed by atoms with E-state index in [1.165, 1.54) is 0 Å². The molecule has 0 aliphatic heterocycles. The third-order valence-corrected chi connectivity index (χ3v) is 1.34. The second-order valence-corrected chi connectivity index (χ2v) is 2.05. The zero-order valence-electron chi connectivity index (χ0n) is 6.33. The fourth-order valence-corrected chi connectivity index (χ4v) is 0.813. The molecule has 3 nitrogen and oxygen atoms in total. The monoisotopic (exact) mass is 157 g/mol. The van der Waals surface area contributed by atoms with Crippen molar-refractivity contribution in [3.63, 3.8) is 0 Å². The van der Waals surface area contributed by atoms with Crippen LogP contribution in [-0.2, 0) is 0 Å². The van der Waals surface area contributed by atoms with Crippen molar-refractivity contribution < 1.29 is 0 Å². The molecule has 0 aliphatic rings. The van der Waals surface area contributed by atoms with Gasteiger partial charge >= 0.3 is 0 Å². The molecule has 58 valence electrons. The van der Waals surface area contributed by atoms with Crippen molar-refractivity contribution in [3.8, 4) is 17.9 Å². The summed E-state index contributed by atoms with van der Waals surface area (Å²) in [6, 6.07) is 9.00. The molecule has 0 saturated heterocycles. The first-order valence-corrected chi connectivity index (χ1v) is 3.34. The minimum Gasteiger partial charge on any atom is -0.323 e. The number of hydrazine groups is 1. The van der Waals surface area contributed by atoms with Crippen LogP contribution in [0.5, 0.6) is 0 Å². The predicted octanol–water partition coefficient (Wildman–Crippen LogP) is 0.847. The van der Waals surface area contributed by atoms with Crippen molar-refractivity contribution in [2.45, 2.75) is 0 Å². The number of nitrogens with zero attached hydrogens (tertiary/aromatic N) is 1. The zero-order chi connectivity index (χ0) is 8.81. The smallest absolute Gasteiger partial charge is 0.152 e. The van der Waals surface area contributed by atoms with Gasteiger partial charge in [-0.05, 0) is 18.1 Å². The van der Waals surface area contributed by atoms with E-state index in [0.717, 1.165) is 11.3 Å². The number of hydrogen-bond donors (Lipinski definition) is 2. The topological polar surface area (TPSA) is 61.8 Å². The summed E-state index contributed by atoms with van der Waals surface area (Å²) >= 11 is 0. The number of anilines is 1. The maximum Gasteiger partial charge on any atom is 0.152 e. The summed E-state index contributed by atoms with van der Waals surface area (Å²) in [5.74, 6) is 10.2. The number of benzene rings is 1. The van der Waals surface area contributed by atoms with E-state index < -0.39 is 0 Å². The van der Waals surface area contributed by atoms with Gasteiger partial charge < -0.3 is 5.43 Å². The molecule has 0 radical (unpaired) electrons. The Bertz CT molecular complexity index is 365. The van der Waals surface area contributed by atoms with E-state index in [4.69, 9.17) is 11.1 Å². The SMILES string of the molecule is N#CC#Cc1ccccc1NN. The lowest BCUT2D eigenvalue weighted by atomic mass is 10.2. The molecule has 0 amide bonds. The molecule has 0 atom stereocenters. The van der Waals surface area contributed by atoms with Gasteiger partial charge in [-0.25, -0.2) is 0 Å². The van der Waals surface area contributed by atoms with Crippen molar-refractivity contribution in [1.29, 1.82) is 5.26 Å². The second kappa shape index (κ2) is 4.02. The summed E-state index contributed by atoms with van der Waals surface area (Å²) < 4.78 is 0. The minimum absolute atomic E-state index is 0.722. The van der Waals surface area contributed by atoms with Crippen LogP contribution in [-0.4, -0.2) is 0 Å². The van der Waals surface area contributed by atoms with Gasteiger partial charge in [0.25, 0.3) is 0 Å². The fraction of sp³-hybridized carbons (Fsp3) is 0. The maximum atomic E-state index is 8.22. The number of rotatable bonds is 1. The van der Waals surface area contributed by atoms with Crippen molar-refractivity contribution >= 4 is 5.69 Å². The lowest BCUT2D eigenvalue weighted by molar-refractivity contribution is 1.34. The highest BCUT2D eigenvalue weighted by atomic mass is 15.2. The van der Waals surface area contributed by atoms with Crippen LogP contribution in [0.4, 0.5) is 5.69 Å². The molecule has 0 fully saturated rings. The lowest BCUT2D eigenvalue weighted by Crippen LogP contribution is -2.07. The Morgan fingerprint density at radius 3 is 2.75 bits per heavy atom. The van der Waals surface area contributed by atoms with Crippen molar-refractivity contribution in [2.24, 2.45) is 5.84 Å². The fourth-order valence-electron chi connectivity index (χ4n) is 0.813. The molecular formula is C9H7N3. The second-order valence-electron chi connectivity index (χ2n) is 2.05. The average molecular weight is 157 g/mol. The first-order chi connectivity index (χ1) is 5.88. The van der Waals surface area contributed by atoms with E-state index in [-0.39, 0.29) is 0 Å². The Morgan fingerprint density at radius 1 is 1.33 bits per heavy atom. The van der Waals surface area contributed by atoms with E-state index in [1.54, 1.807) is 18.2 Å². The molecule has 1 aromatic carbocycles. The summed E-state index contributed by atoms with van der Waals surface area (Å²) in [6.07, 6.45) is 0. The molecule has 0 heterocycles. The van der Waals surface area contributed by atoms with Crippen LogP contribution in [0.1, 0.15) is 5.56 Å². The number of nitriles is 1. The Balaban J connectivity index is 3.07. The van der Waals surface area contributed by atoms with Gasteiger partial charge in [-0.15, -0.1) is 0 Å². The molecule has 0 aliphatic carbocycles. The molecule has 0 saturated carbocycles. The van der Waals surface area contributed by atoms with Gasteiger partial charge in [-0.1, -0.05) is 12.1 Å². The first kappa shape index (κ1) is 8.13. The van der Waals surface area contributed by atoms with E-state index in [9.17, 15) is 0 Å². The Morgan fingerprint density at radius 2 is 2.08 bits per heavy atom. The molecule has 1 aromatic rings. The zero-order valence-corrected chi connectivity index (χ0v) is 6.33. The van der Waals surface area contributed by atoms with E-state index in [2.05, 4.69) is 17.3 Å². The standard InChI is InChI=1S/C9H7N3/c10-7-3-5-8-4-1-2-6-9(8)12-11/h1-2,4,6,12H,11H2. The summed E-state index contributed by atoms with van der Waals surface area (Å²) in [7, 11) is 0. The Labute approximate surface area is 70.8 Å². The van der Waals surface area contributed by atoms with E-state index >= 15 is 0 Å². The molecular weight excluding hydrogens is 150 g/mol. The van der Waals surface area contributed by atoms with Crippen LogP contribution >= 0.6 is 0 Å². The highest BCUT2D eigenvalue weighted by molar-refractivity contribution is 5.58. The number of nitrogens with one attached hydrogen (secondary N) is 1. The number of nitrogen functional groups attached to an aromatic ring is 1. The Kier molecular flexibility index (Phi) is 2.73. The lowest BCUT2D eigenvalue weighted by Gasteiger charge is -2.00. The largest absolute Gasteiger partial charge is 0.323 e. The van der Waals surface area contributed by atoms with Gasteiger partial charge in [0.15, 0.2) is 6.07 Å². The van der Waals surface area contributed by atoms with Crippen molar-refractivity contribution in [2.75, 3.05) is 5.43 Å². The molecule has 0 aromatic heterocycles. The highest BCUT2D eigenvalue weighted by Crippen LogP contribution is 2.10. The predicted molar refractivity (Wildman–Crippen MR) is 46.7 cm³/mol. The summed E-state index contributed by atoms with van der Waals surface area (Å²) in [4.78, 5) is 0. The van der Waals surface area contributed by atoms with Crippen molar-refractivity contribution in [3.05, 3.63) is 29.8 Å². The normalized spacial score (nSPS) is 7.67. The number of para-hydroxylation sites is 1. The van der Waals surface area contributed by atoms with Gasteiger partial charge in [-0.2, -0.15) is 5.26 Å². The van der Waals surface area contributed by atoms with Gasteiger partial charge in [-0.3, -0.25) is 5.84 Å². The highest BCUT2D eigenvalue weighted by Gasteiger charge is 1.93.